The van der Waals surface area contributed by atoms with E-state index in [2.05, 4.69) is 15.0 Å². The Labute approximate surface area is 81.0 Å². The van der Waals surface area contributed by atoms with Gasteiger partial charge in [-0.3, -0.25) is 4.99 Å². The second kappa shape index (κ2) is 3.41. The first kappa shape index (κ1) is 8.62. The Morgan fingerprint density at radius 2 is 2.29 bits per heavy atom. The number of fused-ring (bicyclic) bond motifs is 1. The third kappa shape index (κ3) is 1.42. The Morgan fingerprint density at radius 1 is 1.43 bits per heavy atom. The van der Waals surface area contributed by atoms with Crippen molar-refractivity contribution in [3.8, 4) is 5.75 Å². The molecular formula is C10H9N3O. The van der Waals surface area contributed by atoms with E-state index in [1.165, 1.54) is 0 Å². The standard InChI is InChI=1S/C10H9N3O/c1-11-6-9-12-5-7-3-2-4-8(14)10(7)13-9/h2-6,14H,1H3/b11-6+. The molecule has 0 radical (unpaired) electrons. The fourth-order valence-electron chi connectivity index (χ4n) is 1.23. The van der Waals surface area contributed by atoms with Crippen LogP contribution in [0.25, 0.3) is 10.9 Å². The second-order valence-electron chi connectivity index (χ2n) is 2.83. The molecular weight excluding hydrogens is 178 g/mol. The number of aliphatic imine (C=N–C) groups is 1. The predicted octanol–water partition coefficient (Wildman–Crippen LogP) is 1.38. The first-order valence-electron chi connectivity index (χ1n) is 4.18. The lowest BCUT2D eigenvalue weighted by Crippen LogP contribution is -1.93. The van der Waals surface area contributed by atoms with Crippen LogP contribution in [0.3, 0.4) is 0 Å². The number of para-hydroxylation sites is 1. The SMILES string of the molecule is C/N=C/c1ncc2cccc(O)c2n1. The molecule has 0 saturated heterocycles. The van der Waals surface area contributed by atoms with Crippen molar-refractivity contribution in [3.05, 3.63) is 30.2 Å². The van der Waals surface area contributed by atoms with Crippen molar-refractivity contribution in [2.75, 3.05) is 7.05 Å². The fraction of sp³-hybridized carbons (Fsp3) is 0.100. The number of aromatic nitrogens is 2. The van der Waals surface area contributed by atoms with Crippen LogP contribution in [0.15, 0.2) is 29.4 Å². The molecule has 0 spiro atoms. The monoisotopic (exact) mass is 187 g/mol. The molecule has 0 aliphatic heterocycles. The maximum absolute atomic E-state index is 9.53. The van der Waals surface area contributed by atoms with Crippen molar-refractivity contribution in [2.24, 2.45) is 4.99 Å². The molecule has 0 aliphatic carbocycles. The van der Waals surface area contributed by atoms with Crippen LogP contribution < -0.4 is 0 Å². The third-order valence-corrected chi connectivity index (χ3v) is 1.85. The summed E-state index contributed by atoms with van der Waals surface area (Å²) in [6, 6.07) is 5.21. The molecule has 70 valence electrons. The lowest BCUT2D eigenvalue weighted by molar-refractivity contribution is 0.480. The van der Waals surface area contributed by atoms with Crippen molar-refractivity contribution in [1.29, 1.82) is 0 Å². The molecule has 1 aromatic carbocycles. The molecule has 4 nitrogen and oxygen atoms in total. The smallest absolute Gasteiger partial charge is 0.170 e. The van der Waals surface area contributed by atoms with Crippen molar-refractivity contribution in [2.45, 2.75) is 0 Å². The highest BCUT2D eigenvalue weighted by Crippen LogP contribution is 2.20. The van der Waals surface area contributed by atoms with Gasteiger partial charge in [-0.05, 0) is 6.07 Å². The van der Waals surface area contributed by atoms with Gasteiger partial charge in [0.15, 0.2) is 5.82 Å². The van der Waals surface area contributed by atoms with Crippen LogP contribution in [-0.4, -0.2) is 28.3 Å². The van der Waals surface area contributed by atoms with Crippen LogP contribution in [0.2, 0.25) is 0 Å². The van der Waals surface area contributed by atoms with Gasteiger partial charge in [0, 0.05) is 18.6 Å². The van der Waals surface area contributed by atoms with Gasteiger partial charge >= 0.3 is 0 Å². The maximum Gasteiger partial charge on any atom is 0.170 e. The minimum Gasteiger partial charge on any atom is -0.506 e. The number of aromatic hydroxyl groups is 1. The Hall–Kier alpha value is -1.97. The van der Waals surface area contributed by atoms with E-state index < -0.39 is 0 Å². The van der Waals surface area contributed by atoms with E-state index in [0.29, 0.717) is 11.3 Å². The van der Waals surface area contributed by atoms with Gasteiger partial charge in [-0.1, -0.05) is 12.1 Å². The summed E-state index contributed by atoms with van der Waals surface area (Å²) in [4.78, 5) is 12.0. The summed E-state index contributed by atoms with van der Waals surface area (Å²) in [5, 5.41) is 10.3. The predicted molar refractivity (Wildman–Crippen MR) is 54.7 cm³/mol. The Balaban J connectivity index is 2.69. The molecule has 0 amide bonds. The zero-order valence-electron chi connectivity index (χ0n) is 7.68. The number of phenols is 1. The van der Waals surface area contributed by atoms with Gasteiger partial charge in [0.05, 0.1) is 6.21 Å². The molecule has 0 aliphatic rings. The van der Waals surface area contributed by atoms with Gasteiger partial charge in [-0.25, -0.2) is 9.97 Å². The van der Waals surface area contributed by atoms with E-state index in [0.717, 1.165) is 5.39 Å². The van der Waals surface area contributed by atoms with E-state index in [9.17, 15) is 5.11 Å². The maximum atomic E-state index is 9.53. The minimum atomic E-state index is 0.163. The first-order valence-corrected chi connectivity index (χ1v) is 4.18. The van der Waals surface area contributed by atoms with Gasteiger partial charge in [0.2, 0.25) is 0 Å². The van der Waals surface area contributed by atoms with E-state index in [-0.39, 0.29) is 5.75 Å². The summed E-state index contributed by atoms with van der Waals surface area (Å²) in [5.41, 5.74) is 0.553. The molecule has 4 heteroatoms. The molecule has 2 rings (SSSR count). The first-order chi connectivity index (χ1) is 6.81. The quantitative estimate of drug-likeness (QED) is 0.686. The number of hydrogen-bond donors (Lipinski definition) is 1. The van der Waals surface area contributed by atoms with Crippen LogP contribution in [-0.2, 0) is 0 Å². The van der Waals surface area contributed by atoms with Gasteiger partial charge in [0.1, 0.15) is 11.3 Å². The molecule has 0 unspecified atom stereocenters. The summed E-state index contributed by atoms with van der Waals surface area (Å²) < 4.78 is 0. The summed E-state index contributed by atoms with van der Waals surface area (Å²) in [6.07, 6.45) is 3.21. The van der Waals surface area contributed by atoms with E-state index in [1.807, 2.05) is 6.07 Å². The molecule has 2 aromatic rings. The van der Waals surface area contributed by atoms with E-state index in [4.69, 9.17) is 0 Å². The average Bonchev–Trinajstić information content (AvgIpc) is 2.20. The molecule has 14 heavy (non-hydrogen) atoms. The Bertz CT molecular complexity index is 494. The summed E-state index contributed by atoms with van der Waals surface area (Å²) in [5.74, 6) is 0.664. The zero-order chi connectivity index (χ0) is 9.97. The van der Waals surface area contributed by atoms with E-state index in [1.54, 1.807) is 31.6 Å². The largest absolute Gasteiger partial charge is 0.506 e. The lowest BCUT2D eigenvalue weighted by Gasteiger charge is -1.99. The second-order valence-corrected chi connectivity index (χ2v) is 2.83. The minimum absolute atomic E-state index is 0.163. The molecule has 1 aromatic heterocycles. The van der Waals surface area contributed by atoms with E-state index >= 15 is 0 Å². The van der Waals surface area contributed by atoms with Gasteiger partial charge in [-0.2, -0.15) is 0 Å². The van der Waals surface area contributed by atoms with Crippen LogP contribution in [0.1, 0.15) is 5.82 Å². The Kier molecular flexibility index (Phi) is 2.10. The van der Waals surface area contributed by atoms with Crippen molar-refractivity contribution >= 4 is 17.1 Å². The summed E-state index contributed by atoms with van der Waals surface area (Å²) in [6.45, 7) is 0. The molecule has 0 fully saturated rings. The molecule has 1 N–H and O–H groups in total. The highest BCUT2D eigenvalue weighted by Gasteiger charge is 2.01. The molecule has 0 bridgehead atoms. The van der Waals surface area contributed by atoms with Crippen LogP contribution in [0, 0.1) is 0 Å². The van der Waals surface area contributed by atoms with Crippen molar-refractivity contribution in [1.82, 2.24) is 9.97 Å². The number of nitrogens with zero attached hydrogens (tertiary/aromatic N) is 3. The third-order valence-electron chi connectivity index (χ3n) is 1.85. The topological polar surface area (TPSA) is 58.4 Å². The van der Waals surface area contributed by atoms with Crippen LogP contribution in [0.5, 0.6) is 5.75 Å². The number of hydrogen-bond acceptors (Lipinski definition) is 4. The van der Waals surface area contributed by atoms with Gasteiger partial charge in [-0.15, -0.1) is 0 Å². The number of rotatable bonds is 1. The number of phenolic OH excluding ortho intramolecular Hbond substituents is 1. The van der Waals surface area contributed by atoms with Gasteiger partial charge in [0.25, 0.3) is 0 Å². The fourth-order valence-corrected chi connectivity index (χ4v) is 1.23. The highest BCUT2D eigenvalue weighted by atomic mass is 16.3. The molecule has 0 atom stereocenters. The average molecular weight is 187 g/mol. The molecule has 1 heterocycles. The van der Waals surface area contributed by atoms with Gasteiger partial charge < -0.3 is 5.11 Å². The number of benzene rings is 1. The lowest BCUT2D eigenvalue weighted by atomic mass is 10.2. The van der Waals surface area contributed by atoms with Crippen molar-refractivity contribution < 1.29 is 5.11 Å². The molecule has 0 saturated carbocycles. The summed E-state index contributed by atoms with van der Waals surface area (Å²) >= 11 is 0. The highest BCUT2D eigenvalue weighted by molar-refractivity contribution is 5.86. The normalized spacial score (nSPS) is 11.2. The van der Waals surface area contributed by atoms with Crippen LogP contribution in [0.4, 0.5) is 0 Å². The zero-order valence-corrected chi connectivity index (χ0v) is 7.68. The van der Waals surface area contributed by atoms with Crippen molar-refractivity contribution in [3.63, 3.8) is 0 Å². The Morgan fingerprint density at radius 3 is 3.07 bits per heavy atom. The summed E-state index contributed by atoms with van der Waals surface area (Å²) in [7, 11) is 1.65. The van der Waals surface area contributed by atoms with Crippen LogP contribution >= 0.6 is 0 Å².